The molecule has 0 saturated carbocycles. The van der Waals surface area contributed by atoms with Crippen LogP contribution in [0.25, 0.3) is 0 Å². The van der Waals surface area contributed by atoms with Gasteiger partial charge in [0.15, 0.2) is 0 Å². The van der Waals surface area contributed by atoms with Crippen LogP contribution in [0.1, 0.15) is 32.8 Å². The third kappa shape index (κ3) is 3.74. The average Bonchev–Trinajstić information content (AvgIpc) is 2.59. The second kappa shape index (κ2) is 6.59. The predicted molar refractivity (Wildman–Crippen MR) is 85.2 cm³/mol. The van der Waals surface area contributed by atoms with Crippen molar-refractivity contribution >= 4 is 5.69 Å². The van der Waals surface area contributed by atoms with Gasteiger partial charge < -0.3 is 15.0 Å². The zero-order valence-electron chi connectivity index (χ0n) is 13.3. The lowest BCUT2D eigenvalue weighted by atomic mass is 9.86. The number of methoxy groups -OCH3 is 1. The van der Waals surface area contributed by atoms with Crippen molar-refractivity contribution < 1.29 is 4.74 Å². The Hall–Kier alpha value is -1.06. The monoisotopic (exact) mass is 276 g/mol. The van der Waals surface area contributed by atoms with Gasteiger partial charge in [-0.15, -0.1) is 0 Å². The number of fused-ring (bicyclic) bond motifs is 1. The fourth-order valence-corrected chi connectivity index (χ4v) is 2.78. The quantitative estimate of drug-likeness (QED) is 0.856. The Morgan fingerprint density at radius 2 is 2.05 bits per heavy atom. The Balaban J connectivity index is 2.18. The minimum atomic E-state index is 0.265. The summed E-state index contributed by atoms with van der Waals surface area (Å²) < 4.78 is 5.20. The third-order valence-corrected chi connectivity index (χ3v) is 4.10. The van der Waals surface area contributed by atoms with Gasteiger partial charge in [-0.1, -0.05) is 39.0 Å². The summed E-state index contributed by atoms with van der Waals surface area (Å²) in [6, 6.07) is 9.24. The fraction of sp³-hybridized carbons (Fsp3) is 0.647. The van der Waals surface area contributed by atoms with E-state index in [2.05, 4.69) is 55.3 Å². The zero-order valence-corrected chi connectivity index (χ0v) is 13.3. The maximum Gasteiger partial charge on any atom is 0.0479 e. The lowest BCUT2D eigenvalue weighted by Crippen LogP contribution is -2.46. The first-order chi connectivity index (χ1) is 9.52. The molecule has 3 heteroatoms. The topological polar surface area (TPSA) is 24.5 Å². The average molecular weight is 276 g/mol. The minimum absolute atomic E-state index is 0.265. The highest BCUT2D eigenvalue weighted by Crippen LogP contribution is 2.28. The van der Waals surface area contributed by atoms with Crippen LogP contribution in [0.2, 0.25) is 0 Å². The Labute approximate surface area is 123 Å². The van der Waals surface area contributed by atoms with Gasteiger partial charge in [-0.05, 0) is 23.5 Å². The molecule has 0 bridgehead atoms. The van der Waals surface area contributed by atoms with Gasteiger partial charge in [0, 0.05) is 45.1 Å². The molecule has 0 aromatic heterocycles. The van der Waals surface area contributed by atoms with Crippen molar-refractivity contribution in [1.82, 2.24) is 5.32 Å². The van der Waals surface area contributed by atoms with Crippen LogP contribution >= 0.6 is 0 Å². The molecule has 0 aliphatic carbocycles. The molecule has 3 nitrogen and oxygen atoms in total. The fourth-order valence-electron chi connectivity index (χ4n) is 2.78. The molecule has 0 spiro atoms. The van der Waals surface area contributed by atoms with E-state index in [0.29, 0.717) is 6.04 Å². The standard InChI is InChI=1S/C17H28N2O/c1-17(2,3)16-13-19(10-7-11-20-4)15-9-6-5-8-14(15)12-18-16/h5-6,8-9,16,18H,7,10-13H2,1-4H3. The van der Waals surface area contributed by atoms with Crippen LogP contribution in [0.3, 0.4) is 0 Å². The first-order valence-corrected chi connectivity index (χ1v) is 7.57. The van der Waals surface area contributed by atoms with Crippen LogP contribution < -0.4 is 10.2 Å². The molecule has 2 rings (SSSR count). The Kier molecular flexibility index (Phi) is 5.06. The van der Waals surface area contributed by atoms with E-state index >= 15 is 0 Å². The van der Waals surface area contributed by atoms with E-state index in [0.717, 1.165) is 32.7 Å². The van der Waals surface area contributed by atoms with E-state index in [1.165, 1.54) is 11.3 Å². The van der Waals surface area contributed by atoms with Crippen molar-refractivity contribution in [3.63, 3.8) is 0 Å². The molecule has 1 aliphatic heterocycles. The number of hydrogen-bond acceptors (Lipinski definition) is 3. The number of benzene rings is 1. The van der Waals surface area contributed by atoms with Crippen LogP contribution in [0, 0.1) is 5.41 Å². The molecule has 1 aromatic carbocycles. The number of rotatable bonds is 4. The summed E-state index contributed by atoms with van der Waals surface area (Å²) >= 11 is 0. The molecule has 0 saturated heterocycles. The largest absolute Gasteiger partial charge is 0.385 e. The van der Waals surface area contributed by atoms with E-state index in [-0.39, 0.29) is 5.41 Å². The van der Waals surface area contributed by atoms with E-state index in [1.807, 2.05) is 0 Å². The first kappa shape index (κ1) is 15.3. The van der Waals surface area contributed by atoms with Gasteiger partial charge in [0.25, 0.3) is 0 Å². The molecule has 0 amide bonds. The van der Waals surface area contributed by atoms with Crippen molar-refractivity contribution in [3.8, 4) is 0 Å². The molecule has 1 N–H and O–H groups in total. The van der Waals surface area contributed by atoms with E-state index in [1.54, 1.807) is 7.11 Å². The smallest absolute Gasteiger partial charge is 0.0479 e. The number of anilines is 1. The van der Waals surface area contributed by atoms with E-state index in [4.69, 9.17) is 4.74 Å². The Bertz CT molecular complexity index is 425. The number of nitrogens with one attached hydrogen (secondary N) is 1. The summed E-state index contributed by atoms with van der Waals surface area (Å²) in [6.07, 6.45) is 1.07. The van der Waals surface area contributed by atoms with Gasteiger partial charge in [-0.25, -0.2) is 0 Å². The normalized spacial score (nSPS) is 19.6. The number of ether oxygens (including phenoxy) is 1. The SMILES string of the molecule is COCCCN1CC(C(C)(C)C)NCc2ccccc21. The molecule has 112 valence electrons. The molecule has 20 heavy (non-hydrogen) atoms. The lowest BCUT2D eigenvalue weighted by molar-refractivity contribution is 0.195. The van der Waals surface area contributed by atoms with Gasteiger partial charge in [0.05, 0.1) is 0 Å². The van der Waals surface area contributed by atoms with E-state index < -0.39 is 0 Å². The van der Waals surface area contributed by atoms with Gasteiger partial charge in [-0.2, -0.15) is 0 Å². The van der Waals surface area contributed by atoms with Crippen molar-refractivity contribution in [3.05, 3.63) is 29.8 Å². The maximum absolute atomic E-state index is 5.20. The van der Waals surface area contributed by atoms with Gasteiger partial charge >= 0.3 is 0 Å². The van der Waals surface area contributed by atoms with Crippen LogP contribution in [0.5, 0.6) is 0 Å². The molecular weight excluding hydrogens is 248 g/mol. The summed E-state index contributed by atoms with van der Waals surface area (Å²) in [7, 11) is 1.77. The van der Waals surface area contributed by atoms with Crippen molar-refractivity contribution in [2.24, 2.45) is 5.41 Å². The maximum atomic E-state index is 5.20. The Morgan fingerprint density at radius 1 is 1.30 bits per heavy atom. The van der Waals surface area contributed by atoms with Crippen molar-refractivity contribution in [2.75, 3.05) is 31.7 Å². The zero-order chi connectivity index (χ0) is 14.6. The molecule has 1 aliphatic rings. The second-order valence-corrected chi connectivity index (χ2v) is 6.72. The van der Waals surface area contributed by atoms with Gasteiger partial charge in [-0.3, -0.25) is 0 Å². The molecular formula is C17H28N2O. The van der Waals surface area contributed by atoms with E-state index in [9.17, 15) is 0 Å². The highest BCUT2D eigenvalue weighted by atomic mass is 16.5. The molecule has 1 unspecified atom stereocenters. The molecule has 1 atom stereocenters. The second-order valence-electron chi connectivity index (χ2n) is 6.72. The van der Waals surface area contributed by atoms with Crippen molar-refractivity contribution in [1.29, 1.82) is 0 Å². The van der Waals surface area contributed by atoms with Gasteiger partial charge in [0.2, 0.25) is 0 Å². The highest BCUT2D eigenvalue weighted by Gasteiger charge is 2.29. The van der Waals surface area contributed by atoms with Gasteiger partial charge in [0.1, 0.15) is 0 Å². The molecule has 1 heterocycles. The van der Waals surface area contributed by atoms with Crippen LogP contribution in [-0.2, 0) is 11.3 Å². The minimum Gasteiger partial charge on any atom is -0.385 e. The van der Waals surface area contributed by atoms with Crippen LogP contribution in [0.15, 0.2) is 24.3 Å². The molecule has 0 radical (unpaired) electrons. The first-order valence-electron chi connectivity index (χ1n) is 7.57. The number of hydrogen-bond donors (Lipinski definition) is 1. The number of nitrogens with zero attached hydrogens (tertiary/aromatic N) is 1. The summed E-state index contributed by atoms with van der Waals surface area (Å²) in [5.74, 6) is 0. The number of para-hydroxylation sites is 1. The summed E-state index contributed by atoms with van der Waals surface area (Å²) in [4.78, 5) is 2.52. The Morgan fingerprint density at radius 3 is 2.75 bits per heavy atom. The third-order valence-electron chi connectivity index (χ3n) is 4.10. The van der Waals surface area contributed by atoms with Crippen LogP contribution in [-0.4, -0.2) is 32.8 Å². The summed E-state index contributed by atoms with van der Waals surface area (Å²) in [6.45, 7) is 10.8. The molecule has 0 fully saturated rings. The lowest BCUT2D eigenvalue weighted by Gasteiger charge is -2.35. The summed E-state index contributed by atoms with van der Waals surface area (Å²) in [5, 5.41) is 3.73. The van der Waals surface area contributed by atoms with Crippen molar-refractivity contribution in [2.45, 2.75) is 39.8 Å². The predicted octanol–water partition coefficient (Wildman–Crippen LogP) is 3.05. The highest BCUT2D eigenvalue weighted by molar-refractivity contribution is 5.54. The molecule has 1 aromatic rings. The summed E-state index contributed by atoms with van der Waals surface area (Å²) in [5.41, 5.74) is 3.04. The van der Waals surface area contributed by atoms with Crippen LogP contribution in [0.4, 0.5) is 5.69 Å².